The Morgan fingerprint density at radius 2 is 1.43 bits per heavy atom. The number of aliphatic hydroxyl groups is 1. The lowest BCUT2D eigenvalue weighted by Gasteiger charge is -2.29. The molecule has 0 atom stereocenters. The van der Waals surface area contributed by atoms with Gasteiger partial charge in [-0.15, -0.1) is 0 Å². The molecule has 0 saturated carbocycles. The van der Waals surface area contributed by atoms with Crippen LogP contribution < -0.4 is 0 Å². The molecule has 0 aliphatic rings. The monoisotopic (exact) mass is 324 g/mol. The van der Waals surface area contributed by atoms with Crippen LogP contribution in [0.5, 0.6) is 0 Å². The van der Waals surface area contributed by atoms with Crippen LogP contribution in [-0.4, -0.2) is 48.2 Å². The van der Waals surface area contributed by atoms with E-state index in [4.69, 9.17) is 5.11 Å². The first kappa shape index (κ1) is 19.2. The maximum absolute atomic E-state index is 12.2. The van der Waals surface area contributed by atoms with Gasteiger partial charge in [-0.1, -0.05) is 6.58 Å². The predicted octanol–water partition coefficient (Wildman–Crippen LogP) is 1.50. The molecule has 0 bridgehead atoms. The van der Waals surface area contributed by atoms with Crippen molar-refractivity contribution in [2.24, 2.45) is 0 Å². The zero-order valence-electron chi connectivity index (χ0n) is 10.3. The van der Waals surface area contributed by atoms with E-state index in [0.717, 1.165) is 6.08 Å². The number of hydrogen-bond donors (Lipinski definition) is 1. The fraction of sp³-hybridized carbons (Fsp3) is 0.600. The maximum atomic E-state index is 12.2. The average molecular weight is 324 g/mol. The molecule has 21 heavy (non-hydrogen) atoms. The van der Waals surface area contributed by atoms with Crippen molar-refractivity contribution in [3.63, 3.8) is 0 Å². The standard InChI is InChI=1S/C10H10F6O5/c1-2-6(17)20-4-3-5-21-7(18)8(19,9(11,12)13)10(14,15)16/h2,19H,1,3-5H2. The number of alkyl halides is 6. The van der Waals surface area contributed by atoms with Crippen molar-refractivity contribution >= 4 is 11.9 Å². The van der Waals surface area contributed by atoms with Crippen LogP contribution in [0.2, 0.25) is 0 Å². The van der Waals surface area contributed by atoms with Gasteiger partial charge in [0.1, 0.15) is 0 Å². The maximum Gasteiger partial charge on any atom is 0.437 e. The molecule has 0 aliphatic carbocycles. The molecule has 0 radical (unpaired) electrons. The largest absolute Gasteiger partial charge is 0.463 e. The molecule has 0 aromatic carbocycles. The van der Waals surface area contributed by atoms with E-state index in [1.165, 1.54) is 0 Å². The van der Waals surface area contributed by atoms with Crippen LogP contribution in [0.15, 0.2) is 12.7 Å². The van der Waals surface area contributed by atoms with E-state index in [2.05, 4.69) is 16.1 Å². The number of carbonyl (C=O) groups is 2. The highest BCUT2D eigenvalue weighted by Crippen LogP contribution is 2.43. The summed E-state index contributed by atoms with van der Waals surface area (Å²) in [5, 5.41) is 8.61. The van der Waals surface area contributed by atoms with Gasteiger partial charge in [-0.2, -0.15) is 26.3 Å². The first-order valence-corrected chi connectivity index (χ1v) is 5.20. The lowest BCUT2D eigenvalue weighted by atomic mass is 10.0. The van der Waals surface area contributed by atoms with E-state index >= 15 is 0 Å². The van der Waals surface area contributed by atoms with E-state index in [0.29, 0.717) is 0 Å². The normalized spacial score (nSPS) is 12.7. The summed E-state index contributed by atoms with van der Waals surface area (Å²) < 4.78 is 81.4. The van der Waals surface area contributed by atoms with Gasteiger partial charge in [-0.25, -0.2) is 9.59 Å². The summed E-state index contributed by atoms with van der Waals surface area (Å²) in [7, 11) is 0. The van der Waals surface area contributed by atoms with Crippen LogP contribution in [0.1, 0.15) is 6.42 Å². The highest BCUT2D eigenvalue weighted by molar-refractivity contribution is 5.81. The highest BCUT2D eigenvalue weighted by atomic mass is 19.4. The first-order valence-electron chi connectivity index (χ1n) is 5.20. The van der Waals surface area contributed by atoms with E-state index in [9.17, 15) is 35.9 Å². The Bertz CT molecular complexity index is 386. The minimum Gasteiger partial charge on any atom is -0.463 e. The number of hydrogen-bond acceptors (Lipinski definition) is 5. The molecule has 122 valence electrons. The van der Waals surface area contributed by atoms with Gasteiger partial charge in [0.05, 0.1) is 13.2 Å². The van der Waals surface area contributed by atoms with Gasteiger partial charge in [-0.3, -0.25) is 0 Å². The average Bonchev–Trinajstić information content (AvgIpc) is 2.33. The summed E-state index contributed by atoms with van der Waals surface area (Å²) in [5.41, 5.74) is -5.61. The quantitative estimate of drug-likeness (QED) is 0.347. The van der Waals surface area contributed by atoms with Crippen molar-refractivity contribution in [2.45, 2.75) is 24.4 Å². The van der Waals surface area contributed by atoms with E-state index < -0.39 is 43.1 Å². The van der Waals surface area contributed by atoms with Crippen molar-refractivity contribution < 1.29 is 50.5 Å². The minimum atomic E-state index is -6.29. The molecule has 11 heteroatoms. The second-order valence-electron chi connectivity index (χ2n) is 3.57. The lowest BCUT2D eigenvalue weighted by Crippen LogP contribution is -2.63. The van der Waals surface area contributed by atoms with E-state index in [1.54, 1.807) is 0 Å². The molecule has 0 amide bonds. The molecule has 1 N–H and O–H groups in total. The summed E-state index contributed by atoms with van der Waals surface area (Å²) in [6, 6.07) is 0. The van der Waals surface area contributed by atoms with Crippen LogP contribution >= 0.6 is 0 Å². The molecule has 0 fully saturated rings. The topological polar surface area (TPSA) is 72.8 Å². The molecule has 0 rings (SSSR count). The summed E-state index contributed by atoms with van der Waals surface area (Å²) in [5.74, 6) is -3.78. The molecule has 5 nitrogen and oxygen atoms in total. The molecule has 0 spiro atoms. The number of ether oxygens (including phenoxy) is 2. The van der Waals surface area contributed by atoms with Crippen LogP contribution in [0.4, 0.5) is 26.3 Å². The third kappa shape index (κ3) is 4.62. The van der Waals surface area contributed by atoms with Crippen molar-refractivity contribution in [1.82, 2.24) is 0 Å². The minimum absolute atomic E-state index is 0.364. The third-order valence-corrected chi connectivity index (χ3v) is 2.05. The number of esters is 2. The highest BCUT2D eigenvalue weighted by Gasteiger charge is 2.76. The summed E-state index contributed by atoms with van der Waals surface area (Å²) >= 11 is 0. The van der Waals surface area contributed by atoms with Crippen molar-refractivity contribution in [2.75, 3.05) is 13.2 Å². The number of halogens is 6. The van der Waals surface area contributed by atoms with Crippen molar-refractivity contribution in [3.8, 4) is 0 Å². The van der Waals surface area contributed by atoms with Gasteiger partial charge in [0.2, 0.25) is 0 Å². The number of carbonyl (C=O) groups excluding carboxylic acids is 2. The third-order valence-electron chi connectivity index (χ3n) is 2.05. The Morgan fingerprint density at radius 3 is 1.81 bits per heavy atom. The summed E-state index contributed by atoms with van der Waals surface area (Å²) in [6.07, 6.45) is -12.2. The fourth-order valence-electron chi connectivity index (χ4n) is 0.952. The van der Waals surface area contributed by atoms with Gasteiger partial charge in [0.25, 0.3) is 0 Å². The molecular formula is C10H10F6O5. The Balaban J connectivity index is 4.60. The summed E-state index contributed by atoms with van der Waals surface area (Å²) in [6.45, 7) is 1.69. The Morgan fingerprint density at radius 1 is 1.00 bits per heavy atom. The molecule has 0 heterocycles. The zero-order chi connectivity index (χ0) is 16.9. The first-order chi connectivity index (χ1) is 9.38. The van der Waals surface area contributed by atoms with E-state index in [-0.39, 0.29) is 6.42 Å². The molecule has 0 unspecified atom stereocenters. The van der Waals surface area contributed by atoms with Gasteiger partial charge in [-0.05, 0) is 0 Å². The van der Waals surface area contributed by atoms with Gasteiger partial charge in [0, 0.05) is 12.5 Å². The number of rotatable bonds is 6. The lowest BCUT2D eigenvalue weighted by molar-refractivity contribution is -0.356. The Labute approximate surface area is 114 Å². The van der Waals surface area contributed by atoms with Gasteiger partial charge >= 0.3 is 29.9 Å². The van der Waals surface area contributed by atoms with Gasteiger partial charge in [0.15, 0.2) is 0 Å². The van der Waals surface area contributed by atoms with Crippen molar-refractivity contribution in [3.05, 3.63) is 12.7 Å². The Hall–Kier alpha value is -1.78. The second-order valence-corrected chi connectivity index (χ2v) is 3.57. The summed E-state index contributed by atoms with van der Waals surface area (Å²) in [4.78, 5) is 21.4. The molecular weight excluding hydrogens is 314 g/mol. The Kier molecular flexibility index (Phi) is 6.21. The molecule has 0 aromatic rings. The molecule has 0 aromatic heterocycles. The zero-order valence-corrected chi connectivity index (χ0v) is 10.3. The van der Waals surface area contributed by atoms with Crippen LogP contribution in [0, 0.1) is 0 Å². The smallest absolute Gasteiger partial charge is 0.437 e. The molecule has 0 saturated heterocycles. The van der Waals surface area contributed by atoms with E-state index in [1.807, 2.05) is 0 Å². The van der Waals surface area contributed by atoms with Crippen LogP contribution in [0.25, 0.3) is 0 Å². The second kappa shape index (κ2) is 6.78. The van der Waals surface area contributed by atoms with Crippen molar-refractivity contribution in [1.29, 1.82) is 0 Å². The predicted molar refractivity (Wildman–Crippen MR) is 53.8 cm³/mol. The molecule has 0 aliphatic heterocycles. The fourth-order valence-corrected chi connectivity index (χ4v) is 0.952. The van der Waals surface area contributed by atoms with Crippen LogP contribution in [0.3, 0.4) is 0 Å². The van der Waals surface area contributed by atoms with Crippen LogP contribution in [-0.2, 0) is 19.1 Å². The van der Waals surface area contributed by atoms with Gasteiger partial charge < -0.3 is 14.6 Å². The SMILES string of the molecule is C=CC(=O)OCCCOC(=O)C(O)(C(F)(F)F)C(F)(F)F.